The molecule has 0 spiro atoms. The average molecular weight is 303 g/mol. The Kier molecular flexibility index (Phi) is 5.68. The van der Waals surface area contributed by atoms with Crippen molar-refractivity contribution in [3.05, 3.63) is 40.9 Å². The lowest BCUT2D eigenvalue weighted by Gasteiger charge is -2.23. The molecule has 2 aromatic rings. The van der Waals surface area contributed by atoms with Crippen LogP contribution in [0.15, 0.2) is 35.7 Å². The highest BCUT2D eigenvalue weighted by Crippen LogP contribution is 2.15. The van der Waals surface area contributed by atoms with Crippen molar-refractivity contribution in [1.29, 1.82) is 0 Å². The van der Waals surface area contributed by atoms with Crippen molar-refractivity contribution in [1.82, 2.24) is 14.9 Å². The Balaban J connectivity index is 2.09. The van der Waals surface area contributed by atoms with Gasteiger partial charge < -0.3 is 4.90 Å². The van der Waals surface area contributed by atoms with E-state index >= 15 is 0 Å². The minimum atomic E-state index is 0.486. The Hall–Kier alpha value is -1.95. The maximum Gasteiger partial charge on any atom is 0.216 e. The summed E-state index contributed by atoms with van der Waals surface area (Å²) in [5, 5.41) is 10.8. The first kappa shape index (κ1) is 15.4. The molecule has 0 aliphatic heterocycles. The molecule has 0 unspecified atom stereocenters. The molecule has 2 rings (SSSR count). The fourth-order valence-corrected chi connectivity index (χ4v) is 2.28. The molecule has 0 fully saturated rings. The number of nitrogens with one attached hydrogen (secondary N) is 1. The number of benzene rings is 1. The van der Waals surface area contributed by atoms with Gasteiger partial charge in [-0.2, -0.15) is 14.9 Å². The van der Waals surface area contributed by atoms with Gasteiger partial charge in [0.05, 0.1) is 6.21 Å². The number of rotatable bonds is 7. The number of H-pyrrole nitrogens is 1. The highest BCUT2D eigenvalue weighted by molar-refractivity contribution is 7.71. The molecule has 0 aliphatic carbocycles. The van der Waals surface area contributed by atoms with Crippen molar-refractivity contribution in [2.45, 2.75) is 26.7 Å². The van der Waals surface area contributed by atoms with Crippen molar-refractivity contribution in [2.24, 2.45) is 5.10 Å². The number of aromatic nitrogens is 3. The van der Waals surface area contributed by atoms with Crippen LogP contribution in [0.1, 0.15) is 32.3 Å². The Labute approximate surface area is 130 Å². The lowest BCUT2D eigenvalue weighted by Crippen LogP contribution is -2.24. The molecule has 21 heavy (non-hydrogen) atoms. The molecular weight excluding hydrogens is 282 g/mol. The summed E-state index contributed by atoms with van der Waals surface area (Å²) in [6, 6.07) is 8.42. The van der Waals surface area contributed by atoms with Crippen molar-refractivity contribution < 1.29 is 0 Å². The first-order chi connectivity index (χ1) is 10.2. The summed E-state index contributed by atoms with van der Waals surface area (Å²) < 4.78 is 2.02. The van der Waals surface area contributed by atoms with E-state index in [9.17, 15) is 0 Å². The molecule has 1 aromatic heterocycles. The third-order valence-electron chi connectivity index (χ3n) is 3.11. The van der Waals surface area contributed by atoms with E-state index in [1.807, 2.05) is 0 Å². The van der Waals surface area contributed by atoms with Crippen molar-refractivity contribution >= 4 is 24.1 Å². The Bertz CT molecular complexity index is 620. The van der Waals surface area contributed by atoms with Gasteiger partial charge in [-0.3, -0.25) is 5.10 Å². The van der Waals surface area contributed by atoms with Crippen LogP contribution >= 0.6 is 12.2 Å². The van der Waals surface area contributed by atoms with Gasteiger partial charge in [0, 0.05) is 18.8 Å². The Morgan fingerprint density at radius 1 is 1.24 bits per heavy atom. The lowest BCUT2D eigenvalue weighted by atomic mass is 10.2. The van der Waals surface area contributed by atoms with Crippen LogP contribution in [0.4, 0.5) is 5.69 Å². The second-order valence-corrected chi connectivity index (χ2v) is 5.22. The molecule has 0 bridgehead atoms. The molecule has 1 aromatic carbocycles. The van der Waals surface area contributed by atoms with Crippen LogP contribution < -0.4 is 4.90 Å². The van der Waals surface area contributed by atoms with Crippen LogP contribution in [-0.2, 0) is 0 Å². The van der Waals surface area contributed by atoms with E-state index in [0.29, 0.717) is 4.77 Å². The highest BCUT2D eigenvalue weighted by atomic mass is 32.1. The van der Waals surface area contributed by atoms with E-state index in [2.05, 4.69) is 58.3 Å². The van der Waals surface area contributed by atoms with E-state index in [-0.39, 0.29) is 0 Å². The molecule has 0 amide bonds. The summed E-state index contributed by atoms with van der Waals surface area (Å²) in [6.07, 6.45) is 5.64. The van der Waals surface area contributed by atoms with Crippen molar-refractivity contribution in [3.63, 3.8) is 0 Å². The van der Waals surface area contributed by atoms with Crippen LogP contribution in [0.3, 0.4) is 0 Å². The summed E-state index contributed by atoms with van der Waals surface area (Å²) in [7, 11) is 0. The largest absolute Gasteiger partial charge is 0.372 e. The summed E-state index contributed by atoms with van der Waals surface area (Å²) >= 11 is 5.04. The zero-order valence-electron chi connectivity index (χ0n) is 12.5. The van der Waals surface area contributed by atoms with Crippen LogP contribution in [0, 0.1) is 4.77 Å². The molecule has 6 heteroatoms. The summed E-state index contributed by atoms with van der Waals surface area (Å²) in [5.74, 6) is 0. The number of aromatic amines is 1. The highest BCUT2D eigenvalue weighted by Gasteiger charge is 2.03. The molecule has 1 N–H and O–H groups in total. The molecule has 0 saturated carbocycles. The molecule has 0 atom stereocenters. The first-order valence-electron chi connectivity index (χ1n) is 7.26. The van der Waals surface area contributed by atoms with E-state index in [1.54, 1.807) is 12.5 Å². The van der Waals surface area contributed by atoms with E-state index < -0.39 is 0 Å². The predicted molar refractivity (Wildman–Crippen MR) is 89.6 cm³/mol. The van der Waals surface area contributed by atoms with Gasteiger partial charge in [0.25, 0.3) is 0 Å². The zero-order chi connectivity index (χ0) is 15.1. The van der Waals surface area contributed by atoms with E-state index in [0.717, 1.165) is 31.5 Å². The molecule has 5 nitrogen and oxygen atoms in total. The van der Waals surface area contributed by atoms with Crippen LogP contribution in [-0.4, -0.2) is 34.2 Å². The number of hydrogen-bond acceptors (Lipinski definition) is 4. The fraction of sp³-hybridized carbons (Fsp3) is 0.400. The minimum Gasteiger partial charge on any atom is -0.372 e. The third kappa shape index (κ3) is 4.26. The fourth-order valence-electron chi connectivity index (χ4n) is 2.13. The average Bonchev–Trinajstić information content (AvgIpc) is 2.91. The minimum absolute atomic E-state index is 0.486. The number of hydrogen-bond donors (Lipinski definition) is 1. The van der Waals surface area contributed by atoms with Gasteiger partial charge in [-0.1, -0.05) is 26.0 Å². The van der Waals surface area contributed by atoms with Gasteiger partial charge in [0.2, 0.25) is 4.77 Å². The number of anilines is 1. The Morgan fingerprint density at radius 2 is 1.90 bits per heavy atom. The number of nitrogens with zero attached hydrogens (tertiary/aromatic N) is 4. The van der Waals surface area contributed by atoms with Crippen LogP contribution in [0.2, 0.25) is 0 Å². The van der Waals surface area contributed by atoms with Crippen molar-refractivity contribution in [2.75, 3.05) is 18.0 Å². The smallest absolute Gasteiger partial charge is 0.216 e. The maximum atomic E-state index is 5.04. The molecule has 0 radical (unpaired) electrons. The topological polar surface area (TPSA) is 49.2 Å². The standard InChI is InChI=1S/C15H21N5S/c1-3-9-19(10-4-2)14-7-5-13(6-8-14)11-17-20-12-16-18-15(20)21/h5-8,11-12H,3-4,9-10H2,1-2H3,(H,18,21)/b17-11-. The summed E-state index contributed by atoms with van der Waals surface area (Å²) in [4.78, 5) is 2.41. The quantitative estimate of drug-likeness (QED) is 0.629. The first-order valence-corrected chi connectivity index (χ1v) is 7.66. The predicted octanol–water partition coefficient (Wildman–Crippen LogP) is 3.45. The molecule has 112 valence electrons. The SMILES string of the molecule is CCCN(CCC)c1ccc(/C=N\n2cn[nH]c2=S)cc1. The van der Waals surface area contributed by atoms with Crippen LogP contribution in [0.5, 0.6) is 0 Å². The monoisotopic (exact) mass is 303 g/mol. The van der Waals surface area contributed by atoms with Gasteiger partial charge in [-0.05, 0) is 42.8 Å². The summed E-state index contributed by atoms with van der Waals surface area (Å²) in [6.45, 7) is 6.59. The normalized spacial score (nSPS) is 11.1. The second-order valence-electron chi connectivity index (χ2n) is 4.83. The van der Waals surface area contributed by atoms with E-state index in [4.69, 9.17) is 12.2 Å². The lowest BCUT2D eigenvalue weighted by molar-refractivity contribution is 0.745. The molecule has 0 saturated heterocycles. The van der Waals surface area contributed by atoms with Crippen molar-refractivity contribution in [3.8, 4) is 0 Å². The summed E-state index contributed by atoms with van der Waals surface area (Å²) in [5.41, 5.74) is 2.30. The van der Waals surface area contributed by atoms with Gasteiger partial charge >= 0.3 is 0 Å². The molecular formula is C15H21N5S. The zero-order valence-corrected chi connectivity index (χ0v) is 13.3. The second kappa shape index (κ2) is 7.73. The van der Waals surface area contributed by atoms with Gasteiger partial charge in [0.1, 0.15) is 6.33 Å². The van der Waals surface area contributed by atoms with Crippen LogP contribution in [0.25, 0.3) is 0 Å². The van der Waals surface area contributed by atoms with Gasteiger partial charge in [-0.25, -0.2) is 0 Å². The van der Waals surface area contributed by atoms with Gasteiger partial charge in [-0.15, -0.1) is 0 Å². The maximum absolute atomic E-state index is 5.04. The molecule has 1 heterocycles. The van der Waals surface area contributed by atoms with Gasteiger partial charge in [0.15, 0.2) is 0 Å². The third-order valence-corrected chi connectivity index (χ3v) is 3.39. The Morgan fingerprint density at radius 3 is 2.43 bits per heavy atom. The van der Waals surface area contributed by atoms with E-state index in [1.165, 1.54) is 10.4 Å². The molecule has 0 aliphatic rings.